The van der Waals surface area contributed by atoms with Crippen LogP contribution < -0.4 is 0 Å². The molecule has 2 fully saturated rings. The Balaban J connectivity index is 1.92. The lowest BCUT2D eigenvalue weighted by Crippen LogP contribution is -2.52. The highest BCUT2D eigenvalue weighted by Crippen LogP contribution is 2.26. The summed E-state index contributed by atoms with van der Waals surface area (Å²) in [6.45, 7) is 11.9. The van der Waals surface area contributed by atoms with E-state index in [1.807, 2.05) is 0 Å². The Hall–Kier alpha value is -0.650. The SMILES string of the molecule is CCN(C1CCN(CC(C)C)CC1)C1COCC1C(=O)O. The minimum atomic E-state index is -0.715. The van der Waals surface area contributed by atoms with Crippen LogP contribution in [-0.4, -0.2) is 72.4 Å². The van der Waals surface area contributed by atoms with Crippen LogP contribution >= 0.6 is 0 Å². The van der Waals surface area contributed by atoms with E-state index in [9.17, 15) is 9.90 Å². The van der Waals surface area contributed by atoms with Gasteiger partial charge in [-0.05, 0) is 38.4 Å². The maximum Gasteiger partial charge on any atom is 0.310 e. The fourth-order valence-corrected chi connectivity index (χ4v) is 3.82. The molecule has 0 bridgehead atoms. The molecule has 2 rings (SSSR count). The molecule has 2 unspecified atom stereocenters. The first-order valence-corrected chi connectivity index (χ1v) is 8.31. The highest BCUT2D eigenvalue weighted by atomic mass is 16.5. The summed E-state index contributed by atoms with van der Waals surface area (Å²) in [7, 11) is 0. The largest absolute Gasteiger partial charge is 0.481 e. The normalized spacial score (nSPS) is 28.6. The van der Waals surface area contributed by atoms with Crippen molar-refractivity contribution in [3.05, 3.63) is 0 Å². The van der Waals surface area contributed by atoms with Crippen molar-refractivity contribution in [1.82, 2.24) is 9.80 Å². The monoisotopic (exact) mass is 298 g/mol. The second-order valence-electron chi connectivity index (χ2n) is 6.81. The lowest BCUT2D eigenvalue weighted by Gasteiger charge is -2.41. The van der Waals surface area contributed by atoms with Crippen molar-refractivity contribution in [1.29, 1.82) is 0 Å². The molecule has 0 aromatic heterocycles. The molecule has 2 saturated heterocycles. The van der Waals surface area contributed by atoms with Crippen molar-refractivity contribution in [2.75, 3.05) is 39.4 Å². The fraction of sp³-hybridized carbons (Fsp3) is 0.938. The number of hydrogen-bond acceptors (Lipinski definition) is 4. The maximum absolute atomic E-state index is 11.4. The van der Waals surface area contributed by atoms with Crippen LogP contribution in [0.3, 0.4) is 0 Å². The van der Waals surface area contributed by atoms with Crippen LogP contribution in [0.25, 0.3) is 0 Å². The molecular weight excluding hydrogens is 268 g/mol. The van der Waals surface area contributed by atoms with Crippen molar-refractivity contribution in [3.8, 4) is 0 Å². The van der Waals surface area contributed by atoms with E-state index < -0.39 is 5.97 Å². The van der Waals surface area contributed by atoms with Gasteiger partial charge in [0.15, 0.2) is 0 Å². The molecule has 2 heterocycles. The number of ether oxygens (including phenoxy) is 1. The van der Waals surface area contributed by atoms with Crippen LogP contribution in [-0.2, 0) is 9.53 Å². The number of carbonyl (C=O) groups is 1. The van der Waals surface area contributed by atoms with Gasteiger partial charge in [-0.25, -0.2) is 0 Å². The van der Waals surface area contributed by atoms with Crippen LogP contribution in [0.15, 0.2) is 0 Å². The number of carboxylic acid groups (broad SMARTS) is 1. The summed E-state index contributed by atoms with van der Waals surface area (Å²) in [4.78, 5) is 16.3. The first-order chi connectivity index (χ1) is 10.0. The molecule has 0 saturated carbocycles. The molecule has 5 nitrogen and oxygen atoms in total. The van der Waals surface area contributed by atoms with E-state index in [-0.39, 0.29) is 12.0 Å². The molecule has 1 N–H and O–H groups in total. The molecular formula is C16H30N2O3. The van der Waals surface area contributed by atoms with Crippen molar-refractivity contribution >= 4 is 5.97 Å². The number of carboxylic acids is 1. The van der Waals surface area contributed by atoms with Gasteiger partial charge >= 0.3 is 5.97 Å². The maximum atomic E-state index is 11.4. The summed E-state index contributed by atoms with van der Waals surface area (Å²) in [5, 5.41) is 9.35. The number of nitrogens with zero attached hydrogens (tertiary/aromatic N) is 2. The molecule has 21 heavy (non-hydrogen) atoms. The Kier molecular flexibility index (Phi) is 6.02. The number of likely N-dealkylation sites (N-methyl/N-ethyl adjacent to an activating group) is 1. The number of hydrogen-bond donors (Lipinski definition) is 1. The number of aliphatic carboxylic acids is 1. The van der Waals surface area contributed by atoms with E-state index >= 15 is 0 Å². The van der Waals surface area contributed by atoms with E-state index in [0.29, 0.717) is 25.2 Å². The zero-order valence-electron chi connectivity index (χ0n) is 13.6. The van der Waals surface area contributed by atoms with Gasteiger partial charge in [0.25, 0.3) is 0 Å². The Morgan fingerprint density at radius 2 is 2.00 bits per heavy atom. The lowest BCUT2D eigenvalue weighted by molar-refractivity contribution is -0.143. The lowest BCUT2D eigenvalue weighted by atomic mass is 9.96. The summed E-state index contributed by atoms with van der Waals surface area (Å²) in [6, 6.07) is 0.557. The van der Waals surface area contributed by atoms with E-state index in [1.165, 1.54) is 6.54 Å². The van der Waals surface area contributed by atoms with Crippen molar-refractivity contribution in [3.63, 3.8) is 0 Å². The molecule has 0 aliphatic carbocycles. The quantitative estimate of drug-likeness (QED) is 0.806. The molecule has 0 spiro atoms. The predicted molar refractivity (Wildman–Crippen MR) is 82.4 cm³/mol. The predicted octanol–water partition coefficient (Wildman–Crippen LogP) is 1.53. The van der Waals surface area contributed by atoms with Crippen LogP contribution in [0.1, 0.15) is 33.6 Å². The van der Waals surface area contributed by atoms with Gasteiger partial charge < -0.3 is 14.7 Å². The molecule has 0 amide bonds. The topological polar surface area (TPSA) is 53.0 Å². The van der Waals surface area contributed by atoms with Gasteiger partial charge in [-0.15, -0.1) is 0 Å². The van der Waals surface area contributed by atoms with Gasteiger partial charge in [0, 0.05) is 18.6 Å². The summed E-state index contributed by atoms with van der Waals surface area (Å²) in [5.74, 6) is -0.365. The summed E-state index contributed by atoms with van der Waals surface area (Å²) < 4.78 is 5.45. The molecule has 2 aliphatic heterocycles. The standard InChI is InChI=1S/C16H30N2O3/c1-4-18(15-11-21-10-14(15)16(19)20)13-5-7-17(8-6-13)9-12(2)3/h12-15H,4-11H2,1-3H3,(H,19,20). The molecule has 5 heteroatoms. The van der Waals surface area contributed by atoms with Crippen LogP contribution in [0.2, 0.25) is 0 Å². The summed E-state index contributed by atoms with van der Waals surface area (Å²) >= 11 is 0. The van der Waals surface area contributed by atoms with Crippen LogP contribution in [0, 0.1) is 11.8 Å². The first-order valence-electron chi connectivity index (χ1n) is 8.31. The Labute approximate surface area is 128 Å². The Morgan fingerprint density at radius 3 is 2.52 bits per heavy atom. The summed E-state index contributed by atoms with van der Waals surface area (Å²) in [5.41, 5.74) is 0. The summed E-state index contributed by atoms with van der Waals surface area (Å²) in [6.07, 6.45) is 2.28. The van der Waals surface area contributed by atoms with Crippen molar-refractivity contribution in [2.24, 2.45) is 11.8 Å². The number of piperidine rings is 1. The second kappa shape index (κ2) is 7.56. The highest BCUT2D eigenvalue weighted by molar-refractivity contribution is 5.71. The van der Waals surface area contributed by atoms with Gasteiger partial charge in [0.1, 0.15) is 0 Å². The van der Waals surface area contributed by atoms with E-state index in [0.717, 1.165) is 32.5 Å². The Morgan fingerprint density at radius 1 is 1.33 bits per heavy atom. The van der Waals surface area contributed by atoms with Gasteiger partial charge in [0.05, 0.1) is 19.1 Å². The minimum absolute atomic E-state index is 0.0501. The third kappa shape index (κ3) is 4.18. The zero-order valence-corrected chi connectivity index (χ0v) is 13.6. The number of rotatable bonds is 6. The highest BCUT2D eigenvalue weighted by Gasteiger charge is 2.40. The van der Waals surface area contributed by atoms with Crippen LogP contribution in [0.4, 0.5) is 0 Å². The van der Waals surface area contributed by atoms with Crippen molar-refractivity contribution in [2.45, 2.75) is 45.7 Å². The van der Waals surface area contributed by atoms with Gasteiger partial charge in [-0.3, -0.25) is 9.69 Å². The molecule has 0 aromatic rings. The molecule has 0 aromatic carbocycles. The second-order valence-corrected chi connectivity index (χ2v) is 6.81. The molecule has 2 atom stereocenters. The fourth-order valence-electron chi connectivity index (χ4n) is 3.82. The third-order valence-corrected chi connectivity index (χ3v) is 4.81. The van der Waals surface area contributed by atoms with Gasteiger partial charge in [0.2, 0.25) is 0 Å². The van der Waals surface area contributed by atoms with Crippen LogP contribution in [0.5, 0.6) is 0 Å². The van der Waals surface area contributed by atoms with Gasteiger partial charge in [-0.1, -0.05) is 20.8 Å². The molecule has 0 radical (unpaired) electrons. The average molecular weight is 298 g/mol. The minimum Gasteiger partial charge on any atom is -0.481 e. The number of likely N-dealkylation sites (tertiary alicyclic amines) is 1. The first kappa shape index (κ1) is 16.7. The van der Waals surface area contributed by atoms with E-state index in [1.54, 1.807) is 0 Å². The average Bonchev–Trinajstić information content (AvgIpc) is 2.90. The molecule has 2 aliphatic rings. The smallest absolute Gasteiger partial charge is 0.310 e. The third-order valence-electron chi connectivity index (χ3n) is 4.81. The van der Waals surface area contributed by atoms with Crippen molar-refractivity contribution < 1.29 is 14.6 Å². The Bertz CT molecular complexity index is 340. The van der Waals surface area contributed by atoms with E-state index in [2.05, 4.69) is 30.6 Å². The van der Waals surface area contributed by atoms with Gasteiger partial charge in [-0.2, -0.15) is 0 Å². The zero-order chi connectivity index (χ0) is 15.4. The van der Waals surface area contributed by atoms with E-state index in [4.69, 9.17) is 4.74 Å². The molecule has 122 valence electrons.